The molecule has 0 aromatic heterocycles. The first-order valence-corrected chi connectivity index (χ1v) is 16.7. The summed E-state index contributed by atoms with van der Waals surface area (Å²) in [4.78, 5) is 29.6. The zero-order valence-corrected chi connectivity index (χ0v) is 26.6. The maximum atomic E-state index is 14.3. The average Bonchev–Trinajstić information content (AvgIpc) is 3.44. The molecule has 42 heavy (non-hydrogen) atoms. The molecule has 0 heterocycles. The monoisotopic (exact) mass is 649 g/mol. The largest absolute Gasteiger partial charge is 0.352 e. The number of aryl methyl sites for hydroxylation is 1. The van der Waals surface area contributed by atoms with Gasteiger partial charge < -0.3 is 10.2 Å². The van der Waals surface area contributed by atoms with Crippen LogP contribution in [0.15, 0.2) is 66.7 Å². The fourth-order valence-electron chi connectivity index (χ4n) is 5.20. The predicted octanol–water partition coefficient (Wildman–Crippen LogP) is 6.42. The van der Waals surface area contributed by atoms with Gasteiger partial charge in [0, 0.05) is 34.1 Å². The molecule has 0 radical (unpaired) electrons. The Balaban J connectivity index is 1.77. The highest BCUT2D eigenvalue weighted by molar-refractivity contribution is 7.92. The van der Waals surface area contributed by atoms with Crippen molar-refractivity contribution >= 4 is 62.3 Å². The van der Waals surface area contributed by atoms with E-state index in [1.165, 1.54) is 11.0 Å². The van der Waals surface area contributed by atoms with Crippen molar-refractivity contribution in [3.63, 3.8) is 0 Å². The Kier molecular flexibility index (Phi) is 10.8. The van der Waals surface area contributed by atoms with Crippen LogP contribution in [0.5, 0.6) is 0 Å². The SMILES string of the molecule is Cc1ccc(Cl)cc1N(CC(=O)N(Cc1ccc(Cl)cc1Cl)C(Cc1ccccc1)C(=O)NC1CCCC1)S(C)(=O)=O. The number of rotatable bonds is 11. The van der Waals surface area contributed by atoms with E-state index in [0.29, 0.717) is 26.2 Å². The standard InChI is InChI=1S/C31H34Cl3N3O4S/c1-21-12-14-25(33)18-28(21)37(42(2,40)41)20-30(38)36(19-23-13-15-24(32)17-27(23)34)29(16-22-8-4-3-5-9-22)31(39)35-26-10-6-7-11-26/h3-5,8-9,12-15,17-18,26,29H,6-7,10-11,16,19-20H2,1-2H3,(H,35,39). The van der Waals surface area contributed by atoms with Crippen LogP contribution in [0.1, 0.15) is 42.4 Å². The Morgan fingerprint density at radius 3 is 2.24 bits per heavy atom. The van der Waals surface area contributed by atoms with Crippen molar-refractivity contribution in [2.24, 2.45) is 0 Å². The second-order valence-electron chi connectivity index (χ2n) is 10.7. The molecule has 224 valence electrons. The van der Waals surface area contributed by atoms with Gasteiger partial charge >= 0.3 is 0 Å². The van der Waals surface area contributed by atoms with Gasteiger partial charge in [0.05, 0.1) is 11.9 Å². The van der Waals surface area contributed by atoms with Crippen LogP contribution in [0, 0.1) is 6.92 Å². The van der Waals surface area contributed by atoms with Gasteiger partial charge in [-0.2, -0.15) is 0 Å². The van der Waals surface area contributed by atoms with Gasteiger partial charge in [-0.3, -0.25) is 13.9 Å². The molecule has 0 bridgehead atoms. The molecule has 1 saturated carbocycles. The topological polar surface area (TPSA) is 86.8 Å². The lowest BCUT2D eigenvalue weighted by atomic mass is 10.0. The normalized spacial score (nSPS) is 14.4. The van der Waals surface area contributed by atoms with Crippen LogP contribution in [-0.2, 0) is 32.6 Å². The van der Waals surface area contributed by atoms with Crippen LogP contribution < -0.4 is 9.62 Å². The Morgan fingerprint density at radius 2 is 1.60 bits per heavy atom. The molecule has 1 aliphatic carbocycles. The van der Waals surface area contributed by atoms with Crippen LogP contribution >= 0.6 is 34.8 Å². The molecule has 0 saturated heterocycles. The summed E-state index contributed by atoms with van der Waals surface area (Å²) < 4.78 is 27.1. The summed E-state index contributed by atoms with van der Waals surface area (Å²) in [6, 6.07) is 18.3. The number of nitrogens with zero attached hydrogens (tertiary/aromatic N) is 2. The van der Waals surface area contributed by atoms with Crippen molar-refractivity contribution in [2.75, 3.05) is 17.1 Å². The molecule has 4 rings (SSSR count). The molecular formula is C31H34Cl3N3O4S. The molecular weight excluding hydrogens is 617 g/mol. The second-order valence-corrected chi connectivity index (χ2v) is 13.8. The minimum Gasteiger partial charge on any atom is -0.352 e. The van der Waals surface area contributed by atoms with E-state index < -0.39 is 28.5 Å². The minimum absolute atomic E-state index is 0.0217. The molecule has 0 aliphatic heterocycles. The average molecular weight is 651 g/mol. The first-order valence-electron chi connectivity index (χ1n) is 13.7. The lowest BCUT2D eigenvalue weighted by Crippen LogP contribution is -2.54. The highest BCUT2D eigenvalue weighted by Gasteiger charge is 2.35. The molecule has 11 heteroatoms. The summed E-state index contributed by atoms with van der Waals surface area (Å²) in [6.07, 6.45) is 5.06. The van der Waals surface area contributed by atoms with Gasteiger partial charge in [-0.1, -0.05) is 90.1 Å². The van der Waals surface area contributed by atoms with Gasteiger partial charge in [0.2, 0.25) is 21.8 Å². The summed E-state index contributed by atoms with van der Waals surface area (Å²) in [5.41, 5.74) is 2.35. The van der Waals surface area contributed by atoms with Gasteiger partial charge in [0.1, 0.15) is 12.6 Å². The zero-order valence-electron chi connectivity index (χ0n) is 23.5. The van der Waals surface area contributed by atoms with Gasteiger partial charge in [-0.25, -0.2) is 8.42 Å². The van der Waals surface area contributed by atoms with E-state index in [-0.39, 0.29) is 30.6 Å². The highest BCUT2D eigenvalue weighted by Crippen LogP contribution is 2.28. The molecule has 0 spiro atoms. The molecule has 1 atom stereocenters. The second kappa shape index (κ2) is 14.1. The third-order valence-electron chi connectivity index (χ3n) is 7.45. The van der Waals surface area contributed by atoms with Gasteiger partial charge in [-0.05, 0) is 60.7 Å². The summed E-state index contributed by atoms with van der Waals surface area (Å²) in [6.45, 7) is 1.18. The smallest absolute Gasteiger partial charge is 0.244 e. The van der Waals surface area contributed by atoms with Crippen LogP contribution in [0.3, 0.4) is 0 Å². The van der Waals surface area contributed by atoms with E-state index in [4.69, 9.17) is 34.8 Å². The number of amides is 2. The first kappa shape index (κ1) is 32.1. The number of benzene rings is 3. The zero-order chi connectivity index (χ0) is 30.4. The number of sulfonamides is 1. The molecule has 7 nitrogen and oxygen atoms in total. The Morgan fingerprint density at radius 1 is 0.952 bits per heavy atom. The minimum atomic E-state index is -3.91. The third-order valence-corrected chi connectivity index (χ3v) is 9.40. The number of halogens is 3. The quantitative estimate of drug-likeness (QED) is 0.260. The van der Waals surface area contributed by atoms with Gasteiger partial charge in [0.25, 0.3) is 0 Å². The summed E-state index contributed by atoms with van der Waals surface area (Å²) in [7, 11) is -3.91. The van der Waals surface area contributed by atoms with Crippen molar-refractivity contribution in [3.8, 4) is 0 Å². The van der Waals surface area contributed by atoms with Gasteiger partial charge in [-0.15, -0.1) is 0 Å². The van der Waals surface area contributed by atoms with E-state index in [0.717, 1.165) is 41.8 Å². The van der Waals surface area contributed by atoms with E-state index in [2.05, 4.69) is 5.32 Å². The number of hydrogen-bond donors (Lipinski definition) is 1. The van der Waals surface area contributed by atoms with Crippen LogP contribution in [-0.4, -0.2) is 50.0 Å². The fraction of sp³-hybridized carbons (Fsp3) is 0.355. The fourth-order valence-corrected chi connectivity index (χ4v) is 6.73. The highest BCUT2D eigenvalue weighted by atomic mass is 35.5. The molecule has 2 amide bonds. The first-order chi connectivity index (χ1) is 19.9. The van der Waals surface area contributed by atoms with E-state index in [1.54, 1.807) is 37.3 Å². The Bertz CT molecular complexity index is 1530. The summed E-state index contributed by atoms with van der Waals surface area (Å²) in [5.74, 6) is -0.859. The molecule has 1 N–H and O–H groups in total. The van der Waals surface area contributed by atoms with Gasteiger partial charge in [0.15, 0.2) is 0 Å². The maximum Gasteiger partial charge on any atom is 0.244 e. The van der Waals surface area contributed by atoms with E-state index in [1.807, 2.05) is 30.3 Å². The number of carbonyl (C=O) groups excluding carboxylic acids is 2. The predicted molar refractivity (Wildman–Crippen MR) is 170 cm³/mol. The van der Waals surface area contributed by atoms with Crippen LogP contribution in [0.4, 0.5) is 5.69 Å². The van der Waals surface area contributed by atoms with Crippen LogP contribution in [0.25, 0.3) is 0 Å². The molecule has 1 aliphatic rings. The Labute approximate surface area is 262 Å². The molecule has 1 unspecified atom stereocenters. The number of anilines is 1. The van der Waals surface area contributed by atoms with E-state index in [9.17, 15) is 18.0 Å². The summed E-state index contributed by atoms with van der Waals surface area (Å²) in [5, 5.41) is 4.24. The molecule has 3 aromatic carbocycles. The number of carbonyl (C=O) groups is 2. The third kappa shape index (κ3) is 8.40. The lowest BCUT2D eigenvalue weighted by molar-refractivity contribution is -0.140. The summed E-state index contributed by atoms with van der Waals surface area (Å²) >= 11 is 18.9. The Hall–Kier alpha value is -2.78. The number of nitrogens with one attached hydrogen (secondary N) is 1. The van der Waals surface area contributed by atoms with Crippen molar-refractivity contribution in [1.29, 1.82) is 0 Å². The van der Waals surface area contributed by atoms with Crippen molar-refractivity contribution in [3.05, 3.63) is 98.5 Å². The van der Waals surface area contributed by atoms with Crippen molar-refractivity contribution < 1.29 is 18.0 Å². The number of hydrogen-bond acceptors (Lipinski definition) is 4. The van der Waals surface area contributed by atoms with Crippen LogP contribution in [0.2, 0.25) is 15.1 Å². The molecule has 3 aromatic rings. The lowest BCUT2D eigenvalue weighted by Gasteiger charge is -2.34. The van der Waals surface area contributed by atoms with Crippen molar-refractivity contribution in [2.45, 2.75) is 57.7 Å². The van der Waals surface area contributed by atoms with Crippen molar-refractivity contribution in [1.82, 2.24) is 10.2 Å². The maximum absolute atomic E-state index is 14.3. The molecule has 1 fully saturated rings. The van der Waals surface area contributed by atoms with E-state index >= 15 is 0 Å².